The molecule has 1 aromatic rings. The van der Waals surface area contributed by atoms with Gasteiger partial charge >= 0.3 is 0 Å². The molecule has 1 N–H and O–H groups in total. The second-order valence-electron chi connectivity index (χ2n) is 5.37. The molecule has 0 amide bonds. The van der Waals surface area contributed by atoms with Crippen LogP contribution in [0, 0.1) is 11.8 Å². The maximum atomic E-state index is 4.45. The molecule has 3 nitrogen and oxygen atoms in total. The van der Waals surface area contributed by atoms with Crippen molar-refractivity contribution in [3.8, 4) is 0 Å². The molecule has 0 aliphatic heterocycles. The summed E-state index contributed by atoms with van der Waals surface area (Å²) in [5.74, 6) is 2.65. The molecular formula is C13H21N3S. The lowest BCUT2D eigenvalue weighted by atomic mass is 10.0. The number of rotatable bonds is 4. The number of nitrogens with one attached hydrogen (secondary N) is 1. The van der Waals surface area contributed by atoms with Crippen LogP contribution in [0.4, 0.5) is 0 Å². The molecule has 2 fully saturated rings. The molecule has 0 radical (unpaired) electrons. The molecule has 0 bridgehead atoms. The topological polar surface area (TPSA) is 37.8 Å². The van der Waals surface area contributed by atoms with Gasteiger partial charge in [-0.25, -0.2) is 0 Å². The van der Waals surface area contributed by atoms with Gasteiger partial charge in [0.2, 0.25) is 0 Å². The molecule has 2 aliphatic carbocycles. The van der Waals surface area contributed by atoms with E-state index in [2.05, 4.69) is 22.4 Å². The summed E-state index contributed by atoms with van der Waals surface area (Å²) in [6, 6.07) is 0.391. The predicted octanol–water partition coefficient (Wildman–Crippen LogP) is 3.11. The van der Waals surface area contributed by atoms with E-state index in [1.54, 1.807) is 0 Å². The van der Waals surface area contributed by atoms with Crippen LogP contribution in [-0.4, -0.2) is 17.2 Å². The summed E-state index contributed by atoms with van der Waals surface area (Å²) in [5, 5.41) is 14.6. The molecule has 0 spiro atoms. The number of fused-ring (bicyclic) bond motifs is 1. The molecule has 2 saturated carbocycles. The Morgan fingerprint density at radius 1 is 1.29 bits per heavy atom. The fraction of sp³-hybridized carbons (Fsp3) is 0.846. The van der Waals surface area contributed by atoms with Gasteiger partial charge in [-0.1, -0.05) is 31.1 Å². The first kappa shape index (κ1) is 11.6. The molecule has 94 valence electrons. The summed E-state index contributed by atoms with van der Waals surface area (Å²) in [5.41, 5.74) is 0. The number of hydrogen-bond acceptors (Lipinski definition) is 4. The average Bonchev–Trinajstić information content (AvgIpc) is 2.91. The van der Waals surface area contributed by atoms with Gasteiger partial charge in [-0.2, -0.15) is 0 Å². The lowest BCUT2D eigenvalue weighted by molar-refractivity contribution is 0.480. The monoisotopic (exact) mass is 251 g/mol. The molecule has 1 heterocycles. The van der Waals surface area contributed by atoms with Crippen molar-refractivity contribution in [3.63, 3.8) is 0 Å². The van der Waals surface area contributed by atoms with Crippen LogP contribution in [0.25, 0.3) is 0 Å². The molecule has 3 atom stereocenters. The number of aromatic nitrogens is 2. The minimum Gasteiger partial charge on any atom is -0.311 e. The summed E-state index contributed by atoms with van der Waals surface area (Å²) in [6.45, 7) is 2.19. The van der Waals surface area contributed by atoms with Crippen LogP contribution in [0.5, 0.6) is 0 Å². The standard InChI is InChI=1S/C13H21N3S/c1-3-10(14-2)12-15-16-13(17-12)11-8-6-4-5-7-9(8)11/h8-11,14H,3-7H2,1-2H3. The highest BCUT2D eigenvalue weighted by atomic mass is 32.1. The van der Waals surface area contributed by atoms with Crippen molar-refractivity contribution < 1.29 is 0 Å². The summed E-state index contributed by atoms with van der Waals surface area (Å²) >= 11 is 1.84. The number of hydrogen-bond donors (Lipinski definition) is 1. The molecule has 17 heavy (non-hydrogen) atoms. The van der Waals surface area contributed by atoms with Crippen LogP contribution >= 0.6 is 11.3 Å². The highest BCUT2D eigenvalue weighted by molar-refractivity contribution is 7.11. The maximum Gasteiger partial charge on any atom is 0.134 e. The highest BCUT2D eigenvalue weighted by Crippen LogP contribution is 2.61. The largest absolute Gasteiger partial charge is 0.311 e. The molecule has 2 aliphatic rings. The van der Waals surface area contributed by atoms with E-state index in [1.807, 2.05) is 18.4 Å². The predicted molar refractivity (Wildman–Crippen MR) is 70.2 cm³/mol. The van der Waals surface area contributed by atoms with Crippen LogP contribution < -0.4 is 5.32 Å². The van der Waals surface area contributed by atoms with E-state index in [9.17, 15) is 0 Å². The minimum atomic E-state index is 0.391. The van der Waals surface area contributed by atoms with Crippen LogP contribution in [0.1, 0.15) is 61.0 Å². The molecular weight excluding hydrogens is 230 g/mol. The number of nitrogens with zero attached hydrogens (tertiary/aromatic N) is 2. The molecule has 1 aromatic heterocycles. The van der Waals surface area contributed by atoms with Gasteiger partial charge in [-0.15, -0.1) is 10.2 Å². The Bertz CT molecular complexity index is 374. The molecule has 3 rings (SSSR count). The van der Waals surface area contributed by atoms with E-state index in [0.29, 0.717) is 6.04 Å². The van der Waals surface area contributed by atoms with E-state index < -0.39 is 0 Å². The van der Waals surface area contributed by atoms with E-state index in [1.165, 1.54) is 35.7 Å². The van der Waals surface area contributed by atoms with Gasteiger partial charge in [0.05, 0.1) is 6.04 Å². The van der Waals surface area contributed by atoms with E-state index in [-0.39, 0.29) is 0 Å². The van der Waals surface area contributed by atoms with E-state index >= 15 is 0 Å². The zero-order chi connectivity index (χ0) is 11.8. The zero-order valence-electron chi connectivity index (χ0n) is 10.6. The van der Waals surface area contributed by atoms with Gasteiger partial charge in [-0.3, -0.25) is 0 Å². The first-order valence-electron chi connectivity index (χ1n) is 6.85. The van der Waals surface area contributed by atoms with Crippen molar-refractivity contribution in [3.05, 3.63) is 10.0 Å². The van der Waals surface area contributed by atoms with Crippen LogP contribution in [-0.2, 0) is 0 Å². The van der Waals surface area contributed by atoms with Crippen LogP contribution in [0.2, 0.25) is 0 Å². The van der Waals surface area contributed by atoms with Crippen LogP contribution in [0.3, 0.4) is 0 Å². The summed E-state index contributed by atoms with van der Waals surface area (Å²) in [7, 11) is 2.01. The Morgan fingerprint density at radius 2 is 2.00 bits per heavy atom. The SMILES string of the molecule is CCC(NC)c1nnc(C2C3CCCCC32)s1. The Morgan fingerprint density at radius 3 is 2.59 bits per heavy atom. The minimum absolute atomic E-state index is 0.391. The van der Waals surface area contributed by atoms with E-state index in [4.69, 9.17) is 0 Å². The van der Waals surface area contributed by atoms with Crippen molar-refractivity contribution in [1.29, 1.82) is 0 Å². The summed E-state index contributed by atoms with van der Waals surface area (Å²) in [6.07, 6.45) is 6.79. The zero-order valence-corrected chi connectivity index (χ0v) is 11.5. The summed E-state index contributed by atoms with van der Waals surface area (Å²) in [4.78, 5) is 0. The molecule has 4 heteroatoms. The third kappa shape index (κ3) is 2.02. The highest BCUT2D eigenvalue weighted by Gasteiger charge is 2.53. The first-order valence-corrected chi connectivity index (χ1v) is 7.67. The van der Waals surface area contributed by atoms with Crippen molar-refractivity contribution in [2.45, 2.75) is 51.0 Å². The molecule has 3 unspecified atom stereocenters. The normalized spacial score (nSPS) is 33.2. The molecule has 0 aromatic carbocycles. The second-order valence-corrected chi connectivity index (χ2v) is 6.41. The first-order chi connectivity index (χ1) is 8.35. The lowest BCUT2D eigenvalue weighted by Gasteiger charge is -2.07. The van der Waals surface area contributed by atoms with Crippen molar-refractivity contribution in [2.24, 2.45) is 11.8 Å². The maximum absolute atomic E-state index is 4.45. The van der Waals surface area contributed by atoms with Crippen LogP contribution in [0.15, 0.2) is 0 Å². The van der Waals surface area contributed by atoms with Crippen molar-refractivity contribution >= 4 is 11.3 Å². The van der Waals surface area contributed by atoms with Gasteiger partial charge in [0.15, 0.2) is 0 Å². The average molecular weight is 251 g/mol. The van der Waals surface area contributed by atoms with Gasteiger partial charge in [0.1, 0.15) is 10.0 Å². The Hall–Kier alpha value is -0.480. The van der Waals surface area contributed by atoms with Gasteiger partial charge in [-0.05, 0) is 38.1 Å². The van der Waals surface area contributed by atoms with Gasteiger partial charge < -0.3 is 5.32 Å². The van der Waals surface area contributed by atoms with Crippen molar-refractivity contribution in [2.75, 3.05) is 7.05 Å². The fourth-order valence-corrected chi connectivity index (χ4v) is 4.67. The Balaban J connectivity index is 1.73. The Kier molecular flexibility index (Phi) is 3.17. The van der Waals surface area contributed by atoms with Gasteiger partial charge in [0.25, 0.3) is 0 Å². The van der Waals surface area contributed by atoms with Crippen molar-refractivity contribution in [1.82, 2.24) is 15.5 Å². The second kappa shape index (κ2) is 4.65. The quantitative estimate of drug-likeness (QED) is 0.893. The molecule has 0 saturated heterocycles. The lowest BCUT2D eigenvalue weighted by Crippen LogP contribution is -2.14. The third-order valence-corrected chi connectivity index (χ3v) is 5.59. The fourth-order valence-electron chi connectivity index (χ4n) is 3.38. The van der Waals surface area contributed by atoms with E-state index in [0.717, 1.165) is 24.2 Å². The Labute approximate surface area is 107 Å². The van der Waals surface area contributed by atoms with Gasteiger partial charge in [0, 0.05) is 5.92 Å². The third-order valence-electron chi connectivity index (χ3n) is 4.45. The summed E-state index contributed by atoms with van der Waals surface area (Å²) < 4.78 is 0. The smallest absolute Gasteiger partial charge is 0.134 e.